The van der Waals surface area contributed by atoms with Crippen molar-refractivity contribution in [1.29, 1.82) is 0 Å². The molecular weight excluding hydrogens is 254 g/mol. The van der Waals surface area contributed by atoms with Crippen LogP contribution < -0.4 is 0 Å². The number of aromatic nitrogens is 3. The second-order valence-electron chi connectivity index (χ2n) is 2.44. The Hall–Kier alpha value is -1.63. The standard InChI is InChI=1S/C7H5N3O3.BrH/c11-6-1-5-9-4(7(12)13)2-10(5)3-8-6;/h1-3,11H,(H,12,13);1H. The number of carboxylic acid groups (broad SMARTS) is 1. The molecule has 14 heavy (non-hydrogen) atoms. The zero-order valence-electron chi connectivity index (χ0n) is 6.78. The Bertz CT molecular complexity index is 482. The van der Waals surface area contributed by atoms with Gasteiger partial charge in [-0.1, -0.05) is 0 Å². The summed E-state index contributed by atoms with van der Waals surface area (Å²) in [5.41, 5.74) is 0.275. The molecule has 0 amide bonds. The van der Waals surface area contributed by atoms with Crippen LogP contribution in [0.5, 0.6) is 5.88 Å². The average Bonchev–Trinajstić information content (AvgIpc) is 2.46. The van der Waals surface area contributed by atoms with Crippen molar-refractivity contribution in [3.05, 3.63) is 24.3 Å². The maximum absolute atomic E-state index is 10.5. The van der Waals surface area contributed by atoms with E-state index >= 15 is 0 Å². The number of aromatic hydroxyl groups is 1. The van der Waals surface area contributed by atoms with Gasteiger partial charge in [-0.25, -0.2) is 14.8 Å². The lowest BCUT2D eigenvalue weighted by molar-refractivity contribution is 0.0691. The van der Waals surface area contributed by atoms with Crippen LogP contribution in [-0.2, 0) is 0 Å². The third-order valence-electron chi connectivity index (χ3n) is 1.55. The minimum atomic E-state index is -1.11. The highest BCUT2D eigenvalue weighted by molar-refractivity contribution is 8.93. The van der Waals surface area contributed by atoms with Crippen LogP contribution in [0.25, 0.3) is 5.65 Å². The fourth-order valence-electron chi connectivity index (χ4n) is 0.984. The molecule has 0 aliphatic carbocycles. The molecule has 2 rings (SSSR count). The second kappa shape index (κ2) is 3.62. The first-order valence-corrected chi connectivity index (χ1v) is 3.44. The third kappa shape index (κ3) is 1.67. The van der Waals surface area contributed by atoms with Crippen molar-refractivity contribution >= 4 is 28.6 Å². The summed E-state index contributed by atoms with van der Waals surface area (Å²) in [6.07, 6.45) is 2.62. The molecule has 2 heterocycles. The number of carbonyl (C=O) groups is 1. The van der Waals surface area contributed by atoms with E-state index in [0.717, 1.165) is 0 Å². The highest BCUT2D eigenvalue weighted by atomic mass is 79.9. The molecule has 0 bridgehead atoms. The van der Waals surface area contributed by atoms with E-state index in [1.165, 1.54) is 23.0 Å². The second-order valence-corrected chi connectivity index (χ2v) is 2.44. The van der Waals surface area contributed by atoms with Gasteiger partial charge >= 0.3 is 5.97 Å². The van der Waals surface area contributed by atoms with Gasteiger partial charge in [0, 0.05) is 12.3 Å². The van der Waals surface area contributed by atoms with Crippen LogP contribution >= 0.6 is 17.0 Å². The molecule has 0 spiro atoms. The lowest BCUT2D eigenvalue weighted by Crippen LogP contribution is -1.94. The minimum Gasteiger partial charge on any atom is -0.493 e. The SMILES string of the molecule is Br.O=C(O)c1cn2cnc(O)cc2n1. The molecule has 0 atom stereocenters. The molecule has 7 heteroatoms. The smallest absolute Gasteiger partial charge is 0.356 e. The van der Waals surface area contributed by atoms with Crippen LogP contribution in [0.4, 0.5) is 0 Å². The molecule has 2 aromatic heterocycles. The predicted molar refractivity (Wildman–Crippen MR) is 51.9 cm³/mol. The van der Waals surface area contributed by atoms with Gasteiger partial charge in [-0.2, -0.15) is 0 Å². The van der Waals surface area contributed by atoms with Crippen molar-refractivity contribution in [2.24, 2.45) is 0 Å². The molecule has 0 aromatic carbocycles. The number of imidazole rings is 1. The van der Waals surface area contributed by atoms with Crippen molar-refractivity contribution < 1.29 is 15.0 Å². The zero-order chi connectivity index (χ0) is 9.42. The molecule has 2 N–H and O–H groups in total. The number of hydrogen-bond acceptors (Lipinski definition) is 4. The molecule has 0 radical (unpaired) electrons. The molecule has 0 aliphatic rings. The Morgan fingerprint density at radius 3 is 2.86 bits per heavy atom. The van der Waals surface area contributed by atoms with Gasteiger partial charge in [-0.15, -0.1) is 17.0 Å². The van der Waals surface area contributed by atoms with E-state index in [1.807, 2.05) is 0 Å². The van der Waals surface area contributed by atoms with Crippen LogP contribution in [-0.4, -0.2) is 30.6 Å². The molecule has 0 saturated heterocycles. The molecule has 74 valence electrons. The van der Waals surface area contributed by atoms with Crippen molar-refractivity contribution in [3.8, 4) is 5.88 Å². The molecule has 0 fully saturated rings. The highest BCUT2D eigenvalue weighted by Crippen LogP contribution is 2.09. The van der Waals surface area contributed by atoms with E-state index in [-0.39, 0.29) is 28.6 Å². The van der Waals surface area contributed by atoms with E-state index in [4.69, 9.17) is 10.2 Å². The van der Waals surface area contributed by atoms with E-state index in [2.05, 4.69) is 9.97 Å². The largest absolute Gasteiger partial charge is 0.493 e. The zero-order valence-corrected chi connectivity index (χ0v) is 8.50. The Morgan fingerprint density at radius 1 is 1.50 bits per heavy atom. The number of rotatable bonds is 1. The van der Waals surface area contributed by atoms with Crippen molar-refractivity contribution in [1.82, 2.24) is 14.4 Å². The lowest BCUT2D eigenvalue weighted by atomic mass is 10.5. The van der Waals surface area contributed by atoms with Crippen LogP contribution in [0.15, 0.2) is 18.6 Å². The first kappa shape index (κ1) is 10.5. The first-order chi connectivity index (χ1) is 6.16. The summed E-state index contributed by atoms with van der Waals surface area (Å²) in [5.74, 6) is -1.29. The van der Waals surface area contributed by atoms with Gasteiger partial charge in [0.2, 0.25) is 5.88 Å². The number of hydrogen-bond donors (Lipinski definition) is 2. The van der Waals surface area contributed by atoms with Gasteiger partial charge in [-0.05, 0) is 0 Å². The Kier molecular flexibility index (Phi) is 2.70. The fraction of sp³-hybridized carbons (Fsp3) is 0. The Labute approximate surface area is 88.6 Å². The lowest BCUT2D eigenvalue weighted by Gasteiger charge is -1.90. The van der Waals surface area contributed by atoms with Gasteiger partial charge in [0.15, 0.2) is 5.69 Å². The molecule has 0 aliphatic heterocycles. The van der Waals surface area contributed by atoms with Crippen molar-refractivity contribution in [3.63, 3.8) is 0 Å². The highest BCUT2D eigenvalue weighted by Gasteiger charge is 2.08. The Morgan fingerprint density at radius 2 is 2.21 bits per heavy atom. The maximum atomic E-state index is 10.5. The minimum absolute atomic E-state index is 0. The fourth-order valence-corrected chi connectivity index (χ4v) is 0.984. The number of halogens is 1. The number of nitrogens with zero attached hydrogens (tertiary/aromatic N) is 3. The van der Waals surface area contributed by atoms with E-state index in [1.54, 1.807) is 0 Å². The van der Waals surface area contributed by atoms with Crippen molar-refractivity contribution in [2.45, 2.75) is 0 Å². The summed E-state index contributed by atoms with van der Waals surface area (Å²) < 4.78 is 1.42. The summed E-state index contributed by atoms with van der Waals surface area (Å²) in [4.78, 5) is 17.8. The Balaban J connectivity index is 0.000000980. The van der Waals surface area contributed by atoms with Crippen LogP contribution in [0.2, 0.25) is 0 Å². The van der Waals surface area contributed by atoms with Crippen LogP contribution in [0.1, 0.15) is 10.5 Å². The summed E-state index contributed by atoms with van der Waals surface area (Å²) in [6, 6.07) is 1.28. The monoisotopic (exact) mass is 259 g/mol. The van der Waals surface area contributed by atoms with Crippen molar-refractivity contribution in [2.75, 3.05) is 0 Å². The molecule has 2 aromatic rings. The van der Waals surface area contributed by atoms with Crippen LogP contribution in [0, 0.1) is 0 Å². The number of fused-ring (bicyclic) bond motifs is 1. The molecular formula is C7H6BrN3O3. The van der Waals surface area contributed by atoms with Gasteiger partial charge in [0.05, 0.1) is 0 Å². The number of carboxylic acids is 1. The predicted octanol–water partition coefficient (Wildman–Crippen LogP) is 0.711. The molecule has 0 unspecified atom stereocenters. The van der Waals surface area contributed by atoms with Gasteiger partial charge in [0.1, 0.15) is 12.0 Å². The van der Waals surface area contributed by atoms with E-state index < -0.39 is 5.97 Å². The topological polar surface area (TPSA) is 87.7 Å². The normalized spacial score (nSPS) is 9.71. The van der Waals surface area contributed by atoms with E-state index in [9.17, 15) is 4.79 Å². The average molecular weight is 260 g/mol. The summed E-state index contributed by atoms with van der Waals surface area (Å²) >= 11 is 0. The van der Waals surface area contributed by atoms with Gasteiger partial charge in [0.25, 0.3) is 0 Å². The van der Waals surface area contributed by atoms with Gasteiger partial charge in [-0.3, -0.25) is 4.40 Å². The molecule has 0 saturated carbocycles. The van der Waals surface area contributed by atoms with Crippen LogP contribution in [0.3, 0.4) is 0 Å². The summed E-state index contributed by atoms with van der Waals surface area (Å²) in [7, 11) is 0. The third-order valence-corrected chi connectivity index (χ3v) is 1.55. The van der Waals surface area contributed by atoms with E-state index in [0.29, 0.717) is 5.65 Å². The summed E-state index contributed by atoms with van der Waals surface area (Å²) in [5, 5.41) is 17.6. The maximum Gasteiger partial charge on any atom is 0.356 e. The quantitative estimate of drug-likeness (QED) is 0.788. The number of aromatic carboxylic acids is 1. The molecule has 6 nitrogen and oxygen atoms in total. The van der Waals surface area contributed by atoms with Gasteiger partial charge < -0.3 is 10.2 Å². The summed E-state index contributed by atoms with van der Waals surface area (Å²) in [6.45, 7) is 0. The first-order valence-electron chi connectivity index (χ1n) is 3.44.